The van der Waals surface area contributed by atoms with Crippen LogP contribution in [0.4, 0.5) is 5.00 Å². The monoisotopic (exact) mass is 633 g/mol. The maximum Gasteiger partial charge on any atom is 0.341 e. The van der Waals surface area contributed by atoms with Crippen LogP contribution in [0.25, 0.3) is 0 Å². The first-order valence-electron chi connectivity index (χ1n) is 13.8. The zero-order valence-electron chi connectivity index (χ0n) is 24.7. The molecule has 11 heteroatoms. The number of thiophene rings is 1. The molecule has 1 heterocycles. The highest BCUT2D eigenvalue weighted by molar-refractivity contribution is 7.16. The molecule has 1 atom stereocenters. The first kappa shape index (κ1) is 32.2. The molecule has 2 N–H and O–H groups in total. The van der Waals surface area contributed by atoms with E-state index in [0.717, 1.165) is 21.6 Å². The van der Waals surface area contributed by atoms with E-state index >= 15 is 0 Å². The molecule has 1 unspecified atom stereocenters. The summed E-state index contributed by atoms with van der Waals surface area (Å²) in [5, 5.41) is 7.93. The number of amides is 2. The lowest BCUT2D eigenvalue weighted by Gasteiger charge is -2.13. The summed E-state index contributed by atoms with van der Waals surface area (Å²) < 4.78 is 16.6. The second-order valence-corrected chi connectivity index (χ2v) is 11.3. The van der Waals surface area contributed by atoms with Crippen molar-refractivity contribution in [1.29, 1.82) is 0 Å². The van der Waals surface area contributed by atoms with Gasteiger partial charge in [0.1, 0.15) is 23.1 Å². The number of aryl methyl sites for hydroxylation is 1. The van der Waals surface area contributed by atoms with E-state index in [1.165, 1.54) is 17.6 Å². The van der Waals surface area contributed by atoms with Gasteiger partial charge in [0.15, 0.2) is 6.10 Å². The minimum Gasteiger partial charge on any atom is -0.489 e. The summed E-state index contributed by atoms with van der Waals surface area (Å²) in [6, 6.07) is 21.1. The number of benzene rings is 3. The van der Waals surface area contributed by atoms with Gasteiger partial charge in [-0.2, -0.15) is 5.10 Å². The lowest BCUT2D eigenvalue weighted by atomic mass is 10.1. The standard InChI is InChI=1S/C33H32ClN3O6S/c1-5-41-33(40)29-20(2)22(4)44-32(29)36-31(39)25-10-16-28(17-11-25)43-21(3)30(38)37-35-18-23-8-14-27(15-9-23)42-19-24-6-12-26(34)13-7-24/h6-18,21H,5,19H2,1-4H3,(H,36,39)(H,37,38)/b35-18+. The first-order valence-corrected chi connectivity index (χ1v) is 15.0. The fraction of sp³-hybridized carbons (Fsp3) is 0.212. The van der Waals surface area contributed by atoms with Crippen LogP contribution in [0.2, 0.25) is 5.02 Å². The fourth-order valence-corrected chi connectivity index (χ4v) is 5.11. The van der Waals surface area contributed by atoms with E-state index in [4.69, 9.17) is 25.8 Å². The number of anilines is 1. The molecule has 3 aromatic carbocycles. The molecule has 0 aliphatic rings. The van der Waals surface area contributed by atoms with Crippen LogP contribution in [0.1, 0.15) is 56.1 Å². The van der Waals surface area contributed by atoms with E-state index in [1.807, 2.05) is 62.4 Å². The van der Waals surface area contributed by atoms with Gasteiger partial charge in [-0.1, -0.05) is 23.7 Å². The number of hydrogen-bond donors (Lipinski definition) is 2. The Kier molecular flexibility index (Phi) is 11.1. The van der Waals surface area contributed by atoms with Crippen LogP contribution < -0.4 is 20.2 Å². The third kappa shape index (κ3) is 8.68. The predicted molar refractivity (Wildman–Crippen MR) is 172 cm³/mol. The van der Waals surface area contributed by atoms with Gasteiger partial charge in [-0.15, -0.1) is 11.3 Å². The predicted octanol–water partition coefficient (Wildman–Crippen LogP) is 6.94. The first-order chi connectivity index (χ1) is 21.1. The zero-order valence-corrected chi connectivity index (χ0v) is 26.3. The number of ether oxygens (including phenoxy) is 3. The second kappa shape index (κ2) is 15.2. The molecule has 0 fully saturated rings. The Morgan fingerprint density at radius 2 is 1.61 bits per heavy atom. The van der Waals surface area contributed by atoms with Crippen LogP contribution in [-0.4, -0.2) is 36.7 Å². The van der Waals surface area contributed by atoms with Crippen LogP contribution >= 0.6 is 22.9 Å². The maximum atomic E-state index is 12.9. The van der Waals surface area contributed by atoms with E-state index in [-0.39, 0.29) is 12.5 Å². The van der Waals surface area contributed by atoms with Crippen molar-refractivity contribution >= 4 is 51.9 Å². The molecule has 9 nitrogen and oxygen atoms in total. The van der Waals surface area contributed by atoms with Gasteiger partial charge in [0.25, 0.3) is 11.8 Å². The lowest BCUT2D eigenvalue weighted by Crippen LogP contribution is -2.33. The van der Waals surface area contributed by atoms with E-state index in [2.05, 4.69) is 15.8 Å². The van der Waals surface area contributed by atoms with E-state index < -0.39 is 18.0 Å². The minimum absolute atomic E-state index is 0.238. The van der Waals surface area contributed by atoms with E-state index in [1.54, 1.807) is 38.1 Å². The largest absolute Gasteiger partial charge is 0.489 e. The molecule has 0 saturated heterocycles. The SMILES string of the molecule is CCOC(=O)c1c(NC(=O)c2ccc(OC(C)C(=O)N/N=C/c3ccc(OCc4ccc(Cl)cc4)cc3)cc2)sc(C)c1C. The number of esters is 1. The van der Waals surface area contributed by atoms with Crippen molar-refractivity contribution in [2.24, 2.45) is 5.10 Å². The van der Waals surface area contributed by atoms with E-state index in [0.29, 0.717) is 39.3 Å². The van der Waals surface area contributed by atoms with Crippen molar-refractivity contribution in [3.63, 3.8) is 0 Å². The average Bonchev–Trinajstić information content (AvgIpc) is 3.29. The summed E-state index contributed by atoms with van der Waals surface area (Å²) in [5.74, 6) is -0.202. The average molecular weight is 634 g/mol. The lowest BCUT2D eigenvalue weighted by molar-refractivity contribution is -0.127. The summed E-state index contributed by atoms with van der Waals surface area (Å²) in [6.07, 6.45) is 0.671. The molecule has 4 aromatic rings. The van der Waals surface area contributed by atoms with Crippen molar-refractivity contribution in [3.8, 4) is 11.5 Å². The van der Waals surface area contributed by atoms with Crippen LogP contribution in [0.5, 0.6) is 11.5 Å². The number of rotatable bonds is 12. The number of halogens is 1. The molecule has 0 aliphatic carbocycles. The van der Waals surface area contributed by atoms with Crippen molar-refractivity contribution < 1.29 is 28.6 Å². The Hall–Kier alpha value is -4.67. The van der Waals surface area contributed by atoms with Gasteiger partial charge >= 0.3 is 5.97 Å². The summed E-state index contributed by atoms with van der Waals surface area (Å²) in [6.45, 7) is 7.68. The van der Waals surface area contributed by atoms with Crippen molar-refractivity contribution in [2.75, 3.05) is 11.9 Å². The van der Waals surface area contributed by atoms with E-state index in [9.17, 15) is 14.4 Å². The van der Waals surface area contributed by atoms with Gasteiger partial charge in [-0.25, -0.2) is 10.2 Å². The number of hydrogen-bond acceptors (Lipinski definition) is 8. The second-order valence-electron chi connectivity index (χ2n) is 9.66. The number of hydrazone groups is 1. The highest BCUT2D eigenvalue weighted by Crippen LogP contribution is 2.33. The Balaban J connectivity index is 1.25. The number of carbonyl (C=O) groups is 3. The Morgan fingerprint density at radius 1 is 0.955 bits per heavy atom. The van der Waals surface area contributed by atoms with Gasteiger partial charge < -0.3 is 19.5 Å². The Labute approximate surface area is 264 Å². The molecule has 4 rings (SSSR count). The van der Waals surface area contributed by atoms with Crippen molar-refractivity contribution in [2.45, 2.75) is 40.4 Å². The molecule has 0 aliphatic heterocycles. The van der Waals surface area contributed by atoms with Gasteiger partial charge in [-0.3, -0.25) is 9.59 Å². The summed E-state index contributed by atoms with van der Waals surface area (Å²) >= 11 is 7.23. The summed E-state index contributed by atoms with van der Waals surface area (Å²) in [4.78, 5) is 38.7. The number of nitrogens with zero attached hydrogens (tertiary/aromatic N) is 1. The molecule has 0 spiro atoms. The van der Waals surface area contributed by atoms with Gasteiger partial charge in [-0.05, 0) is 105 Å². The highest BCUT2D eigenvalue weighted by atomic mass is 35.5. The molecule has 228 valence electrons. The molecule has 2 amide bonds. The van der Waals surface area contributed by atoms with Crippen LogP contribution in [-0.2, 0) is 16.1 Å². The normalized spacial score (nSPS) is 11.6. The fourth-order valence-electron chi connectivity index (χ4n) is 3.94. The van der Waals surface area contributed by atoms with Gasteiger partial charge in [0.2, 0.25) is 0 Å². The molecule has 1 aromatic heterocycles. The number of nitrogens with one attached hydrogen (secondary N) is 2. The Morgan fingerprint density at radius 3 is 2.27 bits per heavy atom. The topological polar surface area (TPSA) is 115 Å². The highest BCUT2D eigenvalue weighted by Gasteiger charge is 2.22. The van der Waals surface area contributed by atoms with Gasteiger partial charge in [0.05, 0.1) is 18.4 Å². The van der Waals surface area contributed by atoms with Crippen molar-refractivity contribution in [3.05, 3.63) is 111 Å². The zero-order chi connectivity index (χ0) is 31.6. The smallest absolute Gasteiger partial charge is 0.341 e. The molecule has 0 saturated carbocycles. The molecular weight excluding hydrogens is 602 g/mol. The number of carbonyl (C=O) groups excluding carboxylic acids is 3. The third-order valence-corrected chi connectivity index (χ3v) is 7.85. The molecular formula is C33H32ClN3O6S. The summed E-state index contributed by atoms with van der Waals surface area (Å²) in [7, 11) is 0. The van der Waals surface area contributed by atoms with Crippen LogP contribution in [0, 0.1) is 13.8 Å². The quantitative estimate of drug-likeness (QED) is 0.0992. The van der Waals surface area contributed by atoms with Gasteiger partial charge in [0, 0.05) is 15.5 Å². The third-order valence-electron chi connectivity index (χ3n) is 6.48. The molecule has 44 heavy (non-hydrogen) atoms. The Bertz CT molecular complexity index is 1630. The van der Waals surface area contributed by atoms with Crippen LogP contribution in [0.3, 0.4) is 0 Å². The van der Waals surface area contributed by atoms with Crippen LogP contribution in [0.15, 0.2) is 77.9 Å². The minimum atomic E-state index is -0.848. The molecule has 0 bridgehead atoms. The summed E-state index contributed by atoms with van der Waals surface area (Å²) in [5.41, 5.74) is 5.74. The molecule has 0 radical (unpaired) electrons. The maximum absolute atomic E-state index is 12.9. The van der Waals surface area contributed by atoms with Crippen molar-refractivity contribution in [1.82, 2.24) is 5.43 Å².